The molecule has 4 rings (SSSR count). The van der Waals surface area contributed by atoms with Gasteiger partial charge in [-0.3, -0.25) is 4.79 Å². The molecule has 35 heavy (non-hydrogen) atoms. The van der Waals surface area contributed by atoms with E-state index < -0.39 is 12.1 Å². The van der Waals surface area contributed by atoms with Gasteiger partial charge < -0.3 is 19.7 Å². The number of benzene rings is 3. The second-order valence-corrected chi connectivity index (χ2v) is 8.77. The van der Waals surface area contributed by atoms with Crippen LogP contribution < -0.4 is 5.32 Å². The summed E-state index contributed by atoms with van der Waals surface area (Å²) in [5, 5.41) is 2.81. The largest absolute Gasteiger partial charge is 0.445 e. The van der Waals surface area contributed by atoms with Crippen molar-refractivity contribution in [2.75, 3.05) is 13.1 Å². The lowest BCUT2D eigenvalue weighted by Crippen LogP contribution is -2.52. The molecule has 6 heteroatoms. The summed E-state index contributed by atoms with van der Waals surface area (Å²) in [6.07, 6.45) is 1.48. The molecule has 0 radical (unpaired) electrons. The van der Waals surface area contributed by atoms with Crippen molar-refractivity contribution in [3.8, 4) is 0 Å². The van der Waals surface area contributed by atoms with Crippen LogP contribution in [0.2, 0.25) is 0 Å². The van der Waals surface area contributed by atoms with E-state index in [-0.39, 0.29) is 18.6 Å². The summed E-state index contributed by atoms with van der Waals surface area (Å²) in [6.45, 7) is 1.93. The van der Waals surface area contributed by atoms with Gasteiger partial charge in [-0.2, -0.15) is 0 Å². The molecule has 1 atom stereocenters. The van der Waals surface area contributed by atoms with E-state index in [4.69, 9.17) is 9.47 Å². The Labute approximate surface area is 206 Å². The fourth-order valence-corrected chi connectivity index (χ4v) is 4.21. The summed E-state index contributed by atoms with van der Waals surface area (Å²) in [5.74, 6) is -0.0907. The molecule has 1 heterocycles. The molecule has 0 aromatic heterocycles. The molecule has 1 aliphatic heterocycles. The van der Waals surface area contributed by atoms with Crippen LogP contribution in [0.4, 0.5) is 4.79 Å². The lowest BCUT2D eigenvalue weighted by atomic mass is 10.0. The van der Waals surface area contributed by atoms with E-state index >= 15 is 0 Å². The molecule has 3 aromatic rings. The fraction of sp³-hybridized carbons (Fsp3) is 0.310. The van der Waals surface area contributed by atoms with Gasteiger partial charge in [0.2, 0.25) is 5.91 Å². The summed E-state index contributed by atoms with van der Waals surface area (Å²) in [6, 6.07) is 28.6. The first kappa shape index (κ1) is 24.5. The third-order valence-corrected chi connectivity index (χ3v) is 6.17. The normalized spacial score (nSPS) is 14.8. The van der Waals surface area contributed by atoms with E-state index in [1.54, 1.807) is 0 Å². The van der Waals surface area contributed by atoms with E-state index in [9.17, 15) is 9.59 Å². The molecule has 0 saturated carbocycles. The first-order valence-electron chi connectivity index (χ1n) is 12.1. The average molecular weight is 473 g/mol. The molecular weight excluding hydrogens is 440 g/mol. The van der Waals surface area contributed by atoms with Crippen LogP contribution in [0.15, 0.2) is 91.0 Å². The minimum absolute atomic E-state index is 0.0907. The zero-order chi connectivity index (χ0) is 24.3. The van der Waals surface area contributed by atoms with Crippen LogP contribution in [0.3, 0.4) is 0 Å². The predicted octanol–water partition coefficient (Wildman–Crippen LogP) is 4.73. The Hall–Kier alpha value is -3.64. The first-order chi connectivity index (χ1) is 17.2. The molecule has 0 spiro atoms. The third-order valence-electron chi connectivity index (χ3n) is 6.17. The van der Waals surface area contributed by atoms with Gasteiger partial charge in [-0.05, 0) is 29.5 Å². The topological polar surface area (TPSA) is 67.9 Å². The summed E-state index contributed by atoms with van der Waals surface area (Å²) in [4.78, 5) is 27.8. The van der Waals surface area contributed by atoms with Gasteiger partial charge in [-0.15, -0.1) is 0 Å². The Kier molecular flexibility index (Phi) is 8.90. The number of nitrogens with zero attached hydrogens (tertiary/aromatic N) is 1. The Morgan fingerprint density at radius 1 is 0.771 bits per heavy atom. The minimum atomic E-state index is -0.692. The molecule has 2 amide bonds. The van der Waals surface area contributed by atoms with Crippen LogP contribution in [-0.4, -0.2) is 42.1 Å². The molecule has 3 aromatic carbocycles. The van der Waals surface area contributed by atoms with Crippen molar-refractivity contribution in [1.82, 2.24) is 10.2 Å². The number of likely N-dealkylation sites (tertiary alicyclic amines) is 1. The highest BCUT2D eigenvalue weighted by Crippen LogP contribution is 2.18. The van der Waals surface area contributed by atoms with Crippen LogP contribution in [0, 0.1) is 0 Å². The number of rotatable bonds is 9. The van der Waals surface area contributed by atoms with Crippen LogP contribution in [0.25, 0.3) is 0 Å². The van der Waals surface area contributed by atoms with Crippen molar-refractivity contribution in [3.63, 3.8) is 0 Å². The van der Waals surface area contributed by atoms with Gasteiger partial charge in [-0.25, -0.2) is 4.79 Å². The number of alkyl carbamates (subject to hydrolysis) is 1. The zero-order valence-electron chi connectivity index (χ0n) is 19.8. The van der Waals surface area contributed by atoms with Crippen LogP contribution >= 0.6 is 0 Å². The number of carbonyl (C=O) groups excluding carboxylic acids is 2. The lowest BCUT2D eigenvalue weighted by molar-refractivity contribution is -0.136. The molecule has 0 bridgehead atoms. The first-order valence-corrected chi connectivity index (χ1v) is 12.1. The highest BCUT2D eigenvalue weighted by Gasteiger charge is 2.30. The zero-order valence-corrected chi connectivity index (χ0v) is 19.8. The van der Waals surface area contributed by atoms with Gasteiger partial charge in [0.05, 0.1) is 12.7 Å². The van der Waals surface area contributed by atoms with Crippen molar-refractivity contribution in [2.45, 2.75) is 44.6 Å². The second-order valence-electron chi connectivity index (χ2n) is 8.77. The fourth-order valence-electron chi connectivity index (χ4n) is 4.21. The maximum absolute atomic E-state index is 13.4. The van der Waals surface area contributed by atoms with E-state index in [0.29, 0.717) is 26.1 Å². The van der Waals surface area contributed by atoms with Gasteiger partial charge in [0, 0.05) is 19.5 Å². The monoisotopic (exact) mass is 472 g/mol. The Morgan fingerprint density at radius 2 is 1.29 bits per heavy atom. The predicted molar refractivity (Wildman–Crippen MR) is 135 cm³/mol. The summed E-state index contributed by atoms with van der Waals surface area (Å²) < 4.78 is 11.4. The highest BCUT2D eigenvalue weighted by molar-refractivity contribution is 5.86. The number of hydrogen-bond acceptors (Lipinski definition) is 4. The molecule has 182 valence electrons. The quantitative estimate of drug-likeness (QED) is 0.489. The maximum Gasteiger partial charge on any atom is 0.408 e. The Bertz CT molecular complexity index is 1050. The molecule has 1 saturated heterocycles. The number of amides is 2. The molecule has 1 unspecified atom stereocenters. The average Bonchev–Trinajstić information content (AvgIpc) is 2.92. The van der Waals surface area contributed by atoms with Gasteiger partial charge in [0.15, 0.2) is 0 Å². The van der Waals surface area contributed by atoms with Crippen LogP contribution in [0.5, 0.6) is 0 Å². The van der Waals surface area contributed by atoms with Crippen molar-refractivity contribution in [2.24, 2.45) is 0 Å². The van der Waals surface area contributed by atoms with Crippen molar-refractivity contribution in [1.29, 1.82) is 0 Å². The van der Waals surface area contributed by atoms with E-state index in [2.05, 4.69) is 17.4 Å². The van der Waals surface area contributed by atoms with Crippen LogP contribution in [0.1, 0.15) is 29.5 Å². The summed E-state index contributed by atoms with van der Waals surface area (Å²) >= 11 is 0. The lowest BCUT2D eigenvalue weighted by Gasteiger charge is -2.34. The number of hydrogen-bond donors (Lipinski definition) is 1. The second kappa shape index (κ2) is 12.7. The molecule has 0 aliphatic carbocycles. The van der Waals surface area contributed by atoms with E-state index in [1.165, 1.54) is 0 Å². The van der Waals surface area contributed by atoms with Gasteiger partial charge in [-0.1, -0.05) is 91.0 Å². The Morgan fingerprint density at radius 3 is 1.86 bits per heavy atom. The van der Waals surface area contributed by atoms with Crippen molar-refractivity contribution < 1.29 is 19.1 Å². The minimum Gasteiger partial charge on any atom is -0.445 e. The molecule has 1 fully saturated rings. The van der Waals surface area contributed by atoms with Crippen LogP contribution in [-0.2, 0) is 33.9 Å². The smallest absolute Gasteiger partial charge is 0.408 e. The SMILES string of the molecule is O=C(NC(Cc1ccccc1)C(=O)N1CCC(OCc2ccccc2)CC1)OCc1ccccc1. The number of piperidine rings is 1. The van der Waals surface area contributed by atoms with Gasteiger partial charge >= 0.3 is 6.09 Å². The third kappa shape index (κ3) is 7.69. The molecule has 1 N–H and O–H groups in total. The van der Waals surface area contributed by atoms with Crippen molar-refractivity contribution >= 4 is 12.0 Å². The van der Waals surface area contributed by atoms with E-state index in [0.717, 1.165) is 29.5 Å². The summed E-state index contributed by atoms with van der Waals surface area (Å²) in [7, 11) is 0. The molecule has 6 nitrogen and oxygen atoms in total. The highest BCUT2D eigenvalue weighted by atomic mass is 16.5. The molecule has 1 aliphatic rings. The summed E-state index contributed by atoms with van der Waals surface area (Å²) in [5.41, 5.74) is 3.02. The number of carbonyl (C=O) groups is 2. The Balaban J connectivity index is 1.32. The molecular formula is C29H32N2O4. The maximum atomic E-state index is 13.4. The van der Waals surface area contributed by atoms with Gasteiger partial charge in [0.25, 0.3) is 0 Å². The standard InChI is InChI=1S/C29H32N2O4/c32-28(31-18-16-26(17-19-31)34-21-24-12-6-2-7-13-24)27(20-23-10-4-1-5-11-23)30-29(33)35-22-25-14-8-3-9-15-25/h1-15,26-27H,16-22H2,(H,30,33). The van der Waals surface area contributed by atoms with Gasteiger partial charge in [0.1, 0.15) is 12.6 Å². The number of nitrogens with one attached hydrogen (secondary N) is 1. The van der Waals surface area contributed by atoms with E-state index in [1.807, 2.05) is 83.8 Å². The van der Waals surface area contributed by atoms with Crippen molar-refractivity contribution in [3.05, 3.63) is 108 Å². The number of ether oxygens (including phenoxy) is 2.